The molecular formula is C25H38O8. The zero-order chi connectivity index (χ0) is 24.6. The van der Waals surface area contributed by atoms with E-state index in [2.05, 4.69) is 0 Å². The number of fused-ring (bicyclic) bond motifs is 5. The zero-order valence-corrected chi connectivity index (χ0v) is 20.2. The van der Waals surface area contributed by atoms with Crippen LogP contribution in [0.1, 0.15) is 73.1 Å². The van der Waals surface area contributed by atoms with Gasteiger partial charge in [-0.2, -0.15) is 0 Å². The standard InChI is InChI=1S/C25H38O8/c1-13(26)18-8-11-25(31)23(18,5)21(33-15(3)28)19(32-14(2)27)20-22(4)9-7-17(29)12-16(22)6-10-24(20,25)30/h6,13,17-21,26,29-31H,7-12H2,1-5H3/t13-,17+,18-,19+,20+,21-,22+,23+,24+,25-/m1/s1. The van der Waals surface area contributed by atoms with Gasteiger partial charge in [0, 0.05) is 25.2 Å². The number of carbonyl (C=O) groups excluding carboxylic acids is 2. The summed E-state index contributed by atoms with van der Waals surface area (Å²) in [7, 11) is 0. The molecule has 0 saturated heterocycles. The molecule has 0 heterocycles. The predicted molar refractivity (Wildman–Crippen MR) is 118 cm³/mol. The molecule has 4 aliphatic carbocycles. The van der Waals surface area contributed by atoms with E-state index in [0.717, 1.165) is 5.57 Å². The maximum absolute atomic E-state index is 12.4. The van der Waals surface area contributed by atoms with Crippen LogP contribution >= 0.6 is 0 Å². The maximum Gasteiger partial charge on any atom is 0.303 e. The first-order chi connectivity index (χ1) is 15.2. The molecule has 0 unspecified atom stereocenters. The van der Waals surface area contributed by atoms with Crippen molar-refractivity contribution < 1.29 is 39.5 Å². The van der Waals surface area contributed by atoms with E-state index in [9.17, 15) is 30.0 Å². The summed E-state index contributed by atoms with van der Waals surface area (Å²) in [6, 6.07) is 0. The fraction of sp³-hybridized carbons (Fsp3) is 0.840. The molecule has 3 fully saturated rings. The van der Waals surface area contributed by atoms with Crippen LogP contribution in [0, 0.1) is 22.7 Å². The first kappa shape index (κ1) is 24.6. The fourth-order valence-electron chi connectivity index (χ4n) is 8.20. The molecule has 0 aromatic rings. The number of aliphatic hydroxyl groups excluding tert-OH is 2. The molecule has 0 radical (unpaired) electrons. The average molecular weight is 467 g/mol. The lowest BCUT2D eigenvalue weighted by molar-refractivity contribution is -0.334. The van der Waals surface area contributed by atoms with Crippen LogP contribution in [0.4, 0.5) is 0 Å². The molecule has 0 aliphatic heterocycles. The SMILES string of the molecule is CC(=O)O[C@@H]1[C@@H](OC(C)=O)[C@]2(C)[C@@H]([C@@H](C)O)CC[C@]2(O)[C@]2(O)CC=C3C[C@@H](O)CC[C@]3(C)[C@H]12. The molecule has 8 nitrogen and oxygen atoms in total. The minimum absolute atomic E-state index is 0.123. The lowest BCUT2D eigenvalue weighted by atomic mass is 9.42. The van der Waals surface area contributed by atoms with Gasteiger partial charge in [-0.25, -0.2) is 0 Å². The van der Waals surface area contributed by atoms with Gasteiger partial charge in [0.05, 0.1) is 12.2 Å². The number of esters is 2. The normalized spacial score (nSPS) is 49.7. The van der Waals surface area contributed by atoms with Gasteiger partial charge in [0.25, 0.3) is 0 Å². The van der Waals surface area contributed by atoms with Gasteiger partial charge in [0.15, 0.2) is 0 Å². The molecule has 0 aromatic carbocycles. The second-order valence-electron chi connectivity index (χ2n) is 11.3. The summed E-state index contributed by atoms with van der Waals surface area (Å²) >= 11 is 0. The average Bonchev–Trinajstić information content (AvgIpc) is 2.99. The van der Waals surface area contributed by atoms with Gasteiger partial charge < -0.3 is 29.9 Å². The number of carbonyl (C=O) groups is 2. The Morgan fingerprint density at radius 2 is 1.73 bits per heavy atom. The molecule has 4 rings (SSSR count). The van der Waals surface area contributed by atoms with Crippen molar-refractivity contribution in [1.29, 1.82) is 0 Å². The summed E-state index contributed by atoms with van der Waals surface area (Å²) < 4.78 is 11.7. The third-order valence-electron chi connectivity index (χ3n) is 9.64. The van der Waals surface area contributed by atoms with Crippen LogP contribution in [0.15, 0.2) is 11.6 Å². The van der Waals surface area contributed by atoms with Gasteiger partial charge in [-0.3, -0.25) is 9.59 Å². The highest BCUT2D eigenvalue weighted by molar-refractivity contribution is 5.68. The van der Waals surface area contributed by atoms with Crippen molar-refractivity contribution in [3.8, 4) is 0 Å². The van der Waals surface area contributed by atoms with Crippen LogP contribution in [0.2, 0.25) is 0 Å². The molecular weight excluding hydrogens is 428 g/mol. The Labute approximate surface area is 195 Å². The summed E-state index contributed by atoms with van der Waals surface area (Å²) in [5.41, 5.74) is -4.34. The minimum atomic E-state index is -1.69. The highest BCUT2D eigenvalue weighted by atomic mass is 16.6. The Morgan fingerprint density at radius 1 is 1.09 bits per heavy atom. The monoisotopic (exact) mass is 466 g/mol. The number of hydrogen-bond donors (Lipinski definition) is 4. The van der Waals surface area contributed by atoms with Crippen LogP contribution in [0.5, 0.6) is 0 Å². The van der Waals surface area contributed by atoms with Crippen molar-refractivity contribution >= 4 is 11.9 Å². The Balaban J connectivity index is 1.98. The van der Waals surface area contributed by atoms with E-state index < -0.39 is 70.2 Å². The van der Waals surface area contributed by atoms with Crippen molar-refractivity contribution in [2.75, 3.05) is 0 Å². The third kappa shape index (κ3) is 3.17. The van der Waals surface area contributed by atoms with Crippen LogP contribution in [0.3, 0.4) is 0 Å². The van der Waals surface area contributed by atoms with Crippen molar-refractivity contribution in [3.63, 3.8) is 0 Å². The van der Waals surface area contributed by atoms with Crippen molar-refractivity contribution in [3.05, 3.63) is 11.6 Å². The van der Waals surface area contributed by atoms with Crippen LogP contribution in [0.25, 0.3) is 0 Å². The summed E-state index contributed by atoms with van der Waals surface area (Å²) in [5.74, 6) is -2.40. The number of rotatable bonds is 3. The Morgan fingerprint density at radius 3 is 2.30 bits per heavy atom. The van der Waals surface area contributed by atoms with Gasteiger partial charge >= 0.3 is 11.9 Å². The smallest absolute Gasteiger partial charge is 0.303 e. The number of ether oxygens (including phenoxy) is 2. The quantitative estimate of drug-likeness (QED) is 0.364. The predicted octanol–water partition coefficient (Wildman–Crippen LogP) is 1.62. The van der Waals surface area contributed by atoms with Gasteiger partial charge in [-0.05, 0) is 56.8 Å². The Kier molecular flexibility index (Phi) is 5.80. The van der Waals surface area contributed by atoms with Gasteiger partial charge in [0.1, 0.15) is 23.4 Å². The van der Waals surface area contributed by atoms with E-state index in [4.69, 9.17) is 9.47 Å². The third-order valence-corrected chi connectivity index (χ3v) is 9.64. The molecule has 33 heavy (non-hydrogen) atoms. The van der Waals surface area contributed by atoms with Crippen molar-refractivity contribution in [2.45, 2.75) is 109 Å². The number of aliphatic hydroxyl groups is 4. The molecule has 0 spiro atoms. The zero-order valence-electron chi connectivity index (χ0n) is 20.2. The molecule has 186 valence electrons. The molecule has 8 heteroatoms. The molecule has 3 saturated carbocycles. The van der Waals surface area contributed by atoms with Crippen molar-refractivity contribution in [2.24, 2.45) is 22.7 Å². The highest BCUT2D eigenvalue weighted by Gasteiger charge is 2.80. The van der Waals surface area contributed by atoms with E-state index in [0.29, 0.717) is 25.7 Å². The molecule has 0 aromatic heterocycles. The van der Waals surface area contributed by atoms with Crippen molar-refractivity contribution in [1.82, 2.24) is 0 Å². The first-order valence-corrected chi connectivity index (χ1v) is 12.1. The fourth-order valence-corrected chi connectivity index (χ4v) is 8.20. The molecule has 10 atom stereocenters. The Bertz CT molecular complexity index is 868. The minimum Gasteiger partial charge on any atom is -0.458 e. The van der Waals surface area contributed by atoms with Gasteiger partial charge in [-0.1, -0.05) is 25.5 Å². The lowest BCUT2D eigenvalue weighted by Crippen LogP contribution is -2.80. The summed E-state index contributed by atoms with van der Waals surface area (Å²) in [4.78, 5) is 24.6. The lowest BCUT2D eigenvalue weighted by Gasteiger charge is -2.68. The van der Waals surface area contributed by atoms with Crippen LogP contribution < -0.4 is 0 Å². The topological polar surface area (TPSA) is 134 Å². The molecule has 4 N–H and O–H groups in total. The van der Waals surface area contributed by atoms with E-state index in [1.165, 1.54) is 13.8 Å². The summed E-state index contributed by atoms with van der Waals surface area (Å²) in [6.07, 6.45) is 0.772. The van der Waals surface area contributed by atoms with Crippen LogP contribution in [-0.2, 0) is 19.1 Å². The number of hydrogen-bond acceptors (Lipinski definition) is 8. The molecule has 0 amide bonds. The summed E-state index contributed by atoms with van der Waals surface area (Å²) in [6.45, 7) is 7.90. The summed E-state index contributed by atoms with van der Waals surface area (Å²) in [5, 5.41) is 45.7. The van der Waals surface area contributed by atoms with E-state index in [1.807, 2.05) is 13.0 Å². The van der Waals surface area contributed by atoms with E-state index in [1.54, 1.807) is 13.8 Å². The van der Waals surface area contributed by atoms with Gasteiger partial charge in [0.2, 0.25) is 0 Å². The molecule has 0 bridgehead atoms. The molecule has 4 aliphatic rings. The first-order valence-electron chi connectivity index (χ1n) is 12.1. The van der Waals surface area contributed by atoms with E-state index in [-0.39, 0.29) is 12.8 Å². The van der Waals surface area contributed by atoms with Crippen LogP contribution in [-0.4, -0.2) is 68.0 Å². The highest BCUT2D eigenvalue weighted by Crippen LogP contribution is 2.70. The van der Waals surface area contributed by atoms with E-state index >= 15 is 0 Å². The van der Waals surface area contributed by atoms with Gasteiger partial charge in [-0.15, -0.1) is 0 Å². The second-order valence-corrected chi connectivity index (χ2v) is 11.3. The Hall–Kier alpha value is -1.48. The maximum atomic E-state index is 12.4. The largest absolute Gasteiger partial charge is 0.458 e. The second kappa shape index (κ2) is 7.77.